The quantitative estimate of drug-likeness (QED) is 0.941. The number of aromatic nitrogens is 2. The van der Waals surface area contributed by atoms with Crippen LogP contribution in [0.3, 0.4) is 0 Å². The van der Waals surface area contributed by atoms with Crippen molar-refractivity contribution in [2.24, 2.45) is 0 Å². The number of nitrogens with zero attached hydrogens (tertiary/aromatic N) is 3. The molecule has 0 aliphatic carbocycles. The number of rotatable bonds is 3. The van der Waals surface area contributed by atoms with Crippen molar-refractivity contribution in [1.29, 1.82) is 0 Å². The molecule has 2 aromatic rings. The van der Waals surface area contributed by atoms with Gasteiger partial charge in [0.15, 0.2) is 0 Å². The zero-order chi connectivity index (χ0) is 13.8. The number of thiophene rings is 1. The Labute approximate surface area is 121 Å². The summed E-state index contributed by atoms with van der Waals surface area (Å²) >= 11 is 1.56. The maximum absolute atomic E-state index is 12.2. The molecular weight excluding hydrogens is 272 g/mol. The van der Waals surface area contributed by atoms with Gasteiger partial charge in [0.2, 0.25) is 0 Å². The van der Waals surface area contributed by atoms with Gasteiger partial charge in [-0.3, -0.25) is 4.79 Å². The van der Waals surface area contributed by atoms with Gasteiger partial charge in [0.05, 0.1) is 5.56 Å². The predicted octanol–water partition coefficient (Wildman–Crippen LogP) is 2.25. The molecule has 1 aliphatic heterocycles. The van der Waals surface area contributed by atoms with E-state index in [9.17, 15) is 4.79 Å². The van der Waals surface area contributed by atoms with Crippen molar-refractivity contribution in [2.75, 3.05) is 18.4 Å². The lowest BCUT2D eigenvalue weighted by Gasteiger charge is -2.32. The van der Waals surface area contributed by atoms with Crippen LogP contribution in [0.2, 0.25) is 0 Å². The van der Waals surface area contributed by atoms with Crippen molar-refractivity contribution >= 4 is 23.1 Å². The fourth-order valence-corrected chi connectivity index (χ4v) is 3.01. The van der Waals surface area contributed by atoms with Crippen LogP contribution in [0.25, 0.3) is 0 Å². The van der Waals surface area contributed by atoms with Gasteiger partial charge in [0, 0.05) is 30.7 Å². The van der Waals surface area contributed by atoms with Crippen LogP contribution in [-0.4, -0.2) is 40.1 Å². The first-order valence-corrected chi connectivity index (χ1v) is 7.63. The molecule has 1 amide bonds. The molecule has 1 fully saturated rings. The summed E-state index contributed by atoms with van der Waals surface area (Å²) < 4.78 is 0. The Morgan fingerprint density at radius 3 is 2.85 bits per heavy atom. The lowest BCUT2D eigenvalue weighted by molar-refractivity contribution is 0.0719. The van der Waals surface area contributed by atoms with Crippen LogP contribution in [0.5, 0.6) is 0 Å². The molecule has 0 saturated carbocycles. The van der Waals surface area contributed by atoms with Crippen LogP contribution in [0, 0.1) is 0 Å². The lowest BCUT2D eigenvalue weighted by Crippen LogP contribution is -2.42. The van der Waals surface area contributed by atoms with Gasteiger partial charge >= 0.3 is 0 Å². The van der Waals surface area contributed by atoms with Gasteiger partial charge in [-0.25, -0.2) is 0 Å². The molecule has 0 spiro atoms. The summed E-state index contributed by atoms with van der Waals surface area (Å²) in [4.78, 5) is 14.1. The SMILES string of the molecule is O=C(c1ccsc1)N1CCC(Nc2cccnn2)CC1. The summed E-state index contributed by atoms with van der Waals surface area (Å²) in [7, 11) is 0. The van der Waals surface area contributed by atoms with Crippen molar-refractivity contribution in [2.45, 2.75) is 18.9 Å². The minimum absolute atomic E-state index is 0.143. The highest BCUT2D eigenvalue weighted by molar-refractivity contribution is 7.08. The topological polar surface area (TPSA) is 58.1 Å². The second-order valence-electron chi connectivity index (χ2n) is 4.83. The molecule has 1 saturated heterocycles. The van der Waals surface area contributed by atoms with Crippen molar-refractivity contribution in [1.82, 2.24) is 15.1 Å². The second-order valence-corrected chi connectivity index (χ2v) is 5.61. The number of anilines is 1. The molecule has 6 heteroatoms. The number of nitrogens with one attached hydrogen (secondary N) is 1. The largest absolute Gasteiger partial charge is 0.366 e. The van der Waals surface area contributed by atoms with E-state index in [1.165, 1.54) is 0 Å². The van der Waals surface area contributed by atoms with Gasteiger partial charge < -0.3 is 10.2 Å². The number of hydrogen-bond acceptors (Lipinski definition) is 5. The van der Waals surface area contributed by atoms with E-state index in [0.717, 1.165) is 37.3 Å². The van der Waals surface area contributed by atoms with Crippen LogP contribution in [0.1, 0.15) is 23.2 Å². The highest BCUT2D eigenvalue weighted by atomic mass is 32.1. The van der Waals surface area contributed by atoms with Crippen LogP contribution in [-0.2, 0) is 0 Å². The van der Waals surface area contributed by atoms with E-state index < -0.39 is 0 Å². The average molecular weight is 288 g/mol. The first kappa shape index (κ1) is 13.1. The molecule has 0 bridgehead atoms. The van der Waals surface area contributed by atoms with Crippen molar-refractivity contribution in [3.8, 4) is 0 Å². The zero-order valence-corrected chi connectivity index (χ0v) is 11.8. The first-order valence-electron chi connectivity index (χ1n) is 6.68. The van der Waals surface area contributed by atoms with E-state index in [4.69, 9.17) is 0 Å². The summed E-state index contributed by atoms with van der Waals surface area (Å²) in [5.41, 5.74) is 0.801. The van der Waals surface area contributed by atoms with Gasteiger partial charge in [-0.15, -0.1) is 5.10 Å². The Morgan fingerprint density at radius 1 is 1.35 bits per heavy atom. The van der Waals surface area contributed by atoms with Gasteiger partial charge in [-0.05, 0) is 36.4 Å². The van der Waals surface area contributed by atoms with Gasteiger partial charge in [-0.1, -0.05) is 0 Å². The monoisotopic (exact) mass is 288 g/mol. The Hall–Kier alpha value is -1.95. The Balaban J connectivity index is 1.53. The van der Waals surface area contributed by atoms with Gasteiger partial charge in [0.1, 0.15) is 5.82 Å². The number of hydrogen-bond donors (Lipinski definition) is 1. The summed E-state index contributed by atoms with van der Waals surface area (Å²) in [6.07, 6.45) is 3.53. The highest BCUT2D eigenvalue weighted by Crippen LogP contribution is 2.17. The maximum atomic E-state index is 12.2. The molecule has 0 radical (unpaired) electrons. The number of carbonyl (C=O) groups excluding carboxylic acids is 1. The summed E-state index contributed by atoms with van der Waals surface area (Å²) in [5.74, 6) is 0.944. The Morgan fingerprint density at radius 2 is 2.20 bits per heavy atom. The Bertz CT molecular complexity index is 550. The molecule has 5 nitrogen and oxygen atoms in total. The van der Waals surface area contributed by atoms with E-state index in [2.05, 4.69) is 15.5 Å². The predicted molar refractivity (Wildman–Crippen MR) is 78.9 cm³/mol. The average Bonchev–Trinajstić information content (AvgIpc) is 3.03. The third kappa shape index (κ3) is 2.96. The molecule has 1 aliphatic rings. The smallest absolute Gasteiger partial charge is 0.254 e. The Kier molecular flexibility index (Phi) is 3.92. The van der Waals surface area contributed by atoms with E-state index in [0.29, 0.717) is 6.04 Å². The fraction of sp³-hybridized carbons (Fsp3) is 0.357. The molecule has 3 heterocycles. The number of carbonyl (C=O) groups is 1. The standard InChI is InChI=1S/C14H16N4OS/c19-14(11-5-9-20-10-11)18-7-3-12(4-8-18)16-13-2-1-6-15-17-13/h1-2,5-6,9-10,12H,3-4,7-8H2,(H,16,17). The summed E-state index contributed by atoms with van der Waals surface area (Å²) in [6, 6.07) is 6.02. The molecule has 0 unspecified atom stereocenters. The summed E-state index contributed by atoms with van der Waals surface area (Å²) in [6.45, 7) is 1.57. The maximum Gasteiger partial charge on any atom is 0.254 e. The van der Waals surface area contributed by atoms with E-state index in [1.54, 1.807) is 17.5 Å². The fourth-order valence-electron chi connectivity index (χ4n) is 2.38. The molecular formula is C14H16N4OS. The number of piperidine rings is 1. The van der Waals surface area contributed by atoms with Crippen LogP contribution in [0.4, 0.5) is 5.82 Å². The normalized spacial score (nSPS) is 16.1. The molecule has 0 aromatic carbocycles. The molecule has 0 atom stereocenters. The summed E-state index contributed by atoms with van der Waals surface area (Å²) in [5, 5.41) is 15.1. The zero-order valence-electron chi connectivity index (χ0n) is 11.0. The number of likely N-dealkylation sites (tertiary alicyclic amines) is 1. The van der Waals surface area contributed by atoms with Crippen LogP contribution >= 0.6 is 11.3 Å². The third-order valence-electron chi connectivity index (χ3n) is 3.47. The molecule has 2 aromatic heterocycles. The van der Waals surface area contributed by atoms with Gasteiger partial charge in [0.25, 0.3) is 5.91 Å². The molecule has 104 valence electrons. The lowest BCUT2D eigenvalue weighted by atomic mass is 10.0. The highest BCUT2D eigenvalue weighted by Gasteiger charge is 2.23. The molecule has 3 rings (SSSR count). The van der Waals surface area contributed by atoms with E-state index in [-0.39, 0.29) is 5.91 Å². The van der Waals surface area contributed by atoms with Crippen LogP contribution < -0.4 is 5.32 Å². The van der Waals surface area contributed by atoms with E-state index >= 15 is 0 Å². The van der Waals surface area contributed by atoms with E-state index in [1.807, 2.05) is 33.9 Å². The second kappa shape index (κ2) is 6.00. The third-order valence-corrected chi connectivity index (χ3v) is 4.16. The molecule has 1 N–H and O–H groups in total. The van der Waals surface area contributed by atoms with Crippen molar-refractivity contribution < 1.29 is 4.79 Å². The first-order chi connectivity index (χ1) is 9.83. The molecule has 20 heavy (non-hydrogen) atoms. The van der Waals surface area contributed by atoms with Crippen molar-refractivity contribution in [3.05, 3.63) is 40.7 Å². The minimum atomic E-state index is 0.143. The van der Waals surface area contributed by atoms with Crippen molar-refractivity contribution in [3.63, 3.8) is 0 Å². The van der Waals surface area contributed by atoms with Crippen LogP contribution in [0.15, 0.2) is 35.2 Å². The number of amides is 1. The minimum Gasteiger partial charge on any atom is -0.366 e. The van der Waals surface area contributed by atoms with Gasteiger partial charge in [-0.2, -0.15) is 16.4 Å².